The Bertz CT molecular complexity index is 1860. The van der Waals surface area contributed by atoms with E-state index in [0.717, 1.165) is 23.1 Å². The van der Waals surface area contributed by atoms with Gasteiger partial charge in [0, 0.05) is 17.0 Å². The third-order valence-corrected chi connectivity index (χ3v) is 6.71. The molecule has 0 aliphatic heterocycles. The molecule has 0 unspecified atom stereocenters. The minimum atomic E-state index is -3.72. The third kappa shape index (κ3) is 5.16. The number of hydrogen-bond donors (Lipinski definition) is 3. The number of para-hydroxylation sites is 1. The number of carbonyl (C=O) groups is 1. The number of aromatic amines is 1. The Hall–Kier alpha value is -4.42. The summed E-state index contributed by atoms with van der Waals surface area (Å²) in [4.78, 5) is 16.1. The van der Waals surface area contributed by atoms with E-state index in [1.54, 1.807) is 37.3 Å². The second kappa shape index (κ2) is 9.71. The van der Waals surface area contributed by atoms with Crippen LogP contribution in [0.5, 0.6) is 11.5 Å². The summed E-state index contributed by atoms with van der Waals surface area (Å²) in [6.07, 6.45) is 2.10. The Morgan fingerprint density at radius 1 is 1.13 bits per heavy atom. The van der Waals surface area contributed by atoms with Gasteiger partial charge in [0.15, 0.2) is 5.82 Å². The maximum absolute atomic E-state index is 15.2. The maximum Gasteiger partial charge on any atom is 0.229 e. The highest BCUT2D eigenvalue weighted by molar-refractivity contribution is 7.92. The van der Waals surface area contributed by atoms with Gasteiger partial charge >= 0.3 is 0 Å². The molecule has 5 aromatic rings. The topological polar surface area (TPSA) is 132 Å². The molecule has 0 fully saturated rings. The van der Waals surface area contributed by atoms with Crippen molar-refractivity contribution >= 4 is 49.8 Å². The van der Waals surface area contributed by atoms with Crippen LogP contribution in [0.2, 0.25) is 5.02 Å². The lowest BCUT2D eigenvalue weighted by Crippen LogP contribution is -2.10. The van der Waals surface area contributed by atoms with Crippen LogP contribution in [0.25, 0.3) is 16.6 Å². The average Bonchev–Trinajstić information content (AvgIpc) is 3.42. The fraction of sp³-hybridized carbons (Fsp3) is 0.0769. The van der Waals surface area contributed by atoms with E-state index in [1.165, 1.54) is 18.3 Å². The van der Waals surface area contributed by atoms with Crippen molar-refractivity contribution < 1.29 is 26.7 Å². The number of rotatable bonds is 7. The molecule has 4 N–H and O–H groups in total. The normalized spacial score (nSPS) is 11.6. The molecule has 0 saturated heterocycles. The summed E-state index contributed by atoms with van der Waals surface area (Å²) in [5.74, 6) is -1.65. The van der Waals surface area contributed by atoms with Gasteiger partial charge in [-0.3, -0.25) is 9.52 Å². The van der Waals surface area contributed by atoms with Gasteiger partial charge in [0.2, 0.25) is 15.8 Å². The highest BCUT2D eigenvalue weighted by Gasteiger charge is 2.23. The molecule has 9 nitrogen and oxygen atoms in total. The molecular weight excluding hydrogens is 552 g/mol. The van der Waals surface area contributed by atoms with Crippen LogP contribution < -0.4 is 15.2 Å². The molecule has 0 aliphatic rings. The van der Waals surface area contributed by atoms with Crippen molar-refractivity contribution in [2.45, 2.75) is 6.92 Å². The SMILES string of the molecule is Cc1cc(Oc2ccccc2Cl)cc(F)c1-n1ncc(C(=O)c2cc3cc(F)c(NS(C)(=O)=O)cc3[nH]2)c1N. The molecule has 2 aromatic heterocycles. The van der Waals surface area contributed by atoms with Gasteiger partial charge in [0.1, 0.15) is 28.8 Å². The molecule has 39 heavy (non-hydrogen) atoms. The fourth-order valence-corrected chi connectivity index (χ4v) is 4.83. The van der Waals surface area contributed by atoms with Gasteiger partial charge in [-0.25, -0.2) is 21.9 Å². The lowest BCUT2D eigenvalue weighted by Gasteiger charge is -2.13. The number of anilines is 2. The number of H-pyrrole nitrogens is 1. The Morgan fingerprint density at radius 2 is 1.87 bits per heavy atom. The second-order valence-corrected chi connectivity index (χ2v) is 10.9. The van der Waals surface area contributed by atoms with E-state index < -0.39 is 27.4 Å². The molecule has 0 atom stereocenters. The maximum atomic E-state index is 15.2. The zero-order valence-electron chi connectivity index (χ0n) is 20.4. The first kappa shape index (κ1) is 26.2. The van der Waals surface area contributed by atoms with E-state index >= 15 is 4.39 Å². The molecule has 0 radical (unpaired) electrons. The molecular formula is C26H20ClF2N5O4S. The minimum absolute atomic E-state index is 0.0215. The van der Waals surface area contributed by atoms with E-state index in [1.807, 2.05) is 0 Å². The van der Waals surface area contributed by atoms with Gasteiger partial charge in [-0.2, -0.15) is 5.10 Å². The van der Waals surface area contributed by atoms with Crippen molar-refractivity contribution in [1.29, 1.82) is 0 Å². The number of nitrogens with two attached hydrogens (primary N) is 1. The van der Waals surface area contributed by atoms with Crippen LogP contribution in [0.4, 0.5) is 20.3 Å². The number of hydrogen-bond acceptors (Lipinski definition) is 6. The number of sulfonamides is 1. The Labute approximate surface area is 226 Å². The van der Waals surface area contributed by atoms with E-state index in [0.29, 0.717) is 27.2 Å². The van der Waals surface area contributed by atoms with E-state index in [9.17, 15) is 17.6 Å². The quantitative estimate of drug-likeness (QED) is 0.219. The predicted octanol–water partition coefficient (Wildman–Crippen LogP) is 5.57. The molecule has 0 bridgehead atoms. The molecule has 0 spiro atoms. The van der Waals surface area contributed by atoms with Crippen LogP contribution >= 0.6 is 11.6 Å². The number of nitrogen functional groups attached to an aromatic ring is 1. The predicted molar refractivity (Wildman–Crippen MR) is 144 cm³/mol. The van der Waals surface area contributed by atoms with Gasteiger partial charge in [0.25, 0.3) is 0 Å². The smallest absolute Gasteiger partial charge is 0.229 e. The largest absolute Gasteiger partial charge is 0.456 e. The average molecular weight is 572 g/mol. The highest BCUT2D eigenvalue weighted by Crippen LogP contribution is 2.33. The molecule has 2 heterocycles. The molecule has 200 valence electrons. The van der Waals surface area contributed by atoms with Crippen molar-refractivity contribution in [3.8, 4) is 17.2 Å². The Kier molecular flexibility index (Phi) is 6.52. The first-order chi connectivity index (χ1) is 18.4. The summed E-state index contributed by atoms with van der Waals surface area (Å²) in [6, 6.07) is 13.2. The molecule has 0 amide bonds. The molecule has 13 heteroatoms. The van der Waals surface area contributed by atoms with Crippen LogP contribution in [0, 0.1) is 18.6 Å². The number of aromatic nitrogens is 3. The molecule has 0 aliphatic carbocycles. The van der Waals surface area contributed by atoms with E-state index in [4.69, 9.17) is 22.1 Å². The number of ketones is 1. The summed E-state index contributed by atoms with van der Waals surface area (Å²) in [6.45, 7) is 1.63. The minimum Gasteiger partial charge on any atom is -0.456 e. The number of carbonyl (C=O) groups excluding carboxylic acids is 1. The van der Waals surface area contributed by atoms with Crippen molar-refractivity contribution in [1.82, 2.24) is 14.8 Å². The number of aryl methyl sites for hydroxylation is 1. The highest BCUT2D eigenvalue weighted by atomic mass is 35.5. The number of benzene rings is 3. The lowest BCUT2D eigenvalue weighted by molar-refractivity contribution is 0.103. The summed E-state index contributed by atoms with van der Waals surface area (Å²) in [5, 5.41) is 4.82. The van der Waals surface area contributed by atoms with Gasteiger partial charge in [-0.15, -0.1) is 0 Å². The van der Waals surface area contributed by atoms with E-state index in [-0.39, 0.29) is 34.2 Å². The van der Waals surface area contributed by atoms with Crippen molar-refractivity contribution in [2.75, 3.05) is 16.7 Å². The number of halogens is 3. The zero-order valence-corrected chi connectivity index (χ0v) is 22.0. The molecule has 3 aromatic carbocycles. The standard InChI is InChI=1S/C26H20ClF2N5O4S/c1-13-7-15(38-23-6-4-3-5-17(23)27)10-19(29)24(13)34-26(30)16(12-31-34)25(35)22-9-14-8-18(28)21(11-20(14)32-22)33-39(2,36)37/h3-12,32-33H,30H2,1-2H3. The second-order valence-electron chi connectivity index (χ2n) is 8.76. The van der Waals surface area contributed by atoms with Gasteiger partial charge in [-0.05, 0) is 48.9 Å². The van der Waals surface area contributed by atoms with Crippen molar-refractivity contribution in [3.05, 3.63) is 94.3 Å². The molecule has 5 rings (SSSR count). The van der Waals surface area contributed by atoms with Crippen LogP contribution in [0.3, 0.4) is 0 Å². The van der Waals surface area contributed by atoms with Gasteiger partial charge in [0.05, 0.1) is 34.4 Å². The van der Waals surface area contributed by atoms with Crippen LogP contribution in [0.15, 0.2) is 60.8 Å². The fourth-order valence-electron chi connectivity index (χ4n) is 4.10. The molecule has 0 saturated carbocycles. The monoisotopic (exact) mass is 571 g/mol. The van der Waals surface area contributed by atoms with Crippen molar-refractivity contribution in [2.24, 2.45) is 0 Å². The van der Waals surface area contributed by atoms with Gasteiger partial charge in [-0.1, -0.05) is 23.7 Å². The summed E-state index contributed by atoms with van der Waals surface area (Å²) < 4.78 is 61.5. The first-order valence-electron chi connectivity index (χ1n) is 11.3. The van der Waals surface area contributed by atoms with Crippen molar-refractivity contribution in [3.63, 3.8) is 0 Å². The summed E-state index contributed by atoms with van der Waals surface area (Å²) in [7, 11) is -3.72. The number of nitrogens with zero attached hydrogens (tertiary/aromatic N) is 2. The van der Waals surface area contributed by atoms with Crippen LogP contribution in [-0.2, 0) is 10.0 Å². The number of nitrogens with one attached hydrogen (secondary N) is 2. The third-order valence-electron chi connectivity index (χ3n) is 5.80. The van der Waals surface area contributed by atoms with Gasteiger partial charge < -0.3 is 15.5 Å². The first-order valence-corrected chi connectivity index (χ1v) is 13.6. The Balaban J connectivity index is 1.46. The number of ether oxygens (including phenoxy) is 1. The zero-order chi connectivity index (χ0) is 28.1. The summed E-state index contributed by atoms with van der Waals surface area (Å²) in [5.41, 5.74) is 6.74. The summed E-state index contributed by atoms with van der Waals surface area (Å²) >= 11 is 6.12. The van der Waals surface area contributed by atoms with Crippen LogP contribution in [0.1, 0.15) is 21.6 Å². The Morgan fingerprint density at radius 3 is 2.56 bits per heavy atom. The van der Waals surface area contributed by atoms with Crippen LogP contribution in [-0.4, -0.2) is 35.2 Å². The number of fused-ring (bicyclic) bond motifs is 1. The van der Waals surface area contributed by atoms with E-state index in [2.05, 4.69) is 14.8 Å². The lowest BCUT2D eigenvalue weighted by atomic mass is 10.1.